The lowest BCUT2D eigenvalue weighted by Gasteiger charge is -2.25. The van der Waals surface area contributed by atoms with Gasteiger partial charge in [-0.25, -0.2) is 9.97 Å². The first-order valence-corrected chi connectivity index (χ1v) is 13.3. The fourth-order valence-corrected chi connectivity index (χ4v) is 5.40. The number of rotatable bonds is 3. The highest BCUT2D eigenvalue weighted by atomic mass is 16.5. The van der Waals surface area contributed by atoms with E-state index in [1.807, 2.05) is 54.7 Å². The second-order valence-electron chi connectivity index (χ2n) is 12.2. The maximum Gasteiger partial charge on any atom is 0.220 e. The Kier molecular flexibility index (Phi) is 5.65. The van der Waals surface area contributed by atoms with E-state index in [1.54, 1.807) is 0 Å². The highest BCUT2D eigenvalue weighted by Crippen LogP contribution is 2.41. The topological polar surface area (TPSA) is 60.2 Å². The quantitative estimate of drug-likeness (QED) is 0.256. The molecule has 0 spiro atoms. The van der Waals surface area contributed by atoms with Crippen LogP contribution in [0.2, 0.25) is 0 Å². The predicted octanol–water partition coefficient (Wildman–Crippen LogP) is 8.82. The molecule has 5 heteroatoms. The van der Waals surface area contributed by atoms with Crippen LogP contribution in [0.4, 0.5) is 0 Å². The molecule has 0 saturated heterocycles. The van der Waals surface area contributed by atoms with Gasteiger partial charge in [-0.2, -0.15) is 0 Å². The molecule has 0 atom stereocenters. The second-order valence-corrected chi connectivity index (χ2v) is 12.2. The van der Waals surface area contributed by atoms with Gasteiger partial charge in [0.1, 0.15) is 22.8 Å². The molecule has 0 bridgehead atoms. The largest absolute Gasteiger partial charge is 0.505 e. The Bertz CT molecular complexity index is 1860. The van der Waals surface area contributed by atoms with Gasteiger partial charge in [0.15, 0.2) is 0 Å². The molecule has 6 aromatic rings. The molecule has 3 aromatic carbocycles. The van der Waals surface area contributed by atoms with Gasteiger partial charge in [-0.15, -0.1) is 0 Å². The van der Waals surface area contributed by atoms with Crippen molar-refractivity contribution < 1.29 is 9.84 Å². The first-order chi connectivity index (χ1) is 18.5. The Morgan fingerprint density at radius 2 is 1.38 bits per heavy atom. The van der Waals surface area contributed by atoms with Crippen LogP contribution >= 0.6 is 0 Å². The number of hydrogen-bond acceptors (Lipinski definition) is 4. The molecule has 0 amide bonds. The van der Waals surface area contributed by atoms with Crippen molar-refractivity contribution in [3.63, 3.8) is 0 Å². The number of nitrogens with zero attached hydrogens (tertiary/aromatic N) is 3. The number of pyridine rings is 2. The zero-order valence-corrected chi connectivity index (χ0v) is 23.3. The minimum absolute atomic E-state index is 0.176. The summed E-state index contributed by atoms with van der Waals surface area (Å²) >= 11 is 0. The normalized spacial score (nSPS) is 12.5. The van der Waals surface area contributed by atoms with E-state index in [9.17, 15) is 5.11 Å². The Hall–Kier alpha value is -4.38. The van der Waals surface area contributed by atoms with Crippen LogP contribution in [0.15, 0.2) is 85.1 Å². The van der Waals surface area contributed by atoms with Crippen LogP contribution < -0.4 is 4.74 Å². The van der Waals surface area contributed by atoms with Crippen LogP contribution in [-0.4, -0.2) is 19.6 Å². The van der Waals surface area contributed by atoms with Gasteiger partial charge in [0, 0.05) is 40.1 Å². The smallest absolute Gasteiger partial charge is 0.220 e. The summed E-state index contributed by atoms with van der Waals surface area (Å²) in [5.74, 6) is 2.18. The third kappa shape index (κ3) is 4.28. The van der Waals surface area contributed by atoms with Crippen molar-refractivity contribution >= 4 is 32.7 Å². The number of phenols is 1. The number of aromatic hydroxyl groups is 1. The molecular formula is C34H33N3O2. The molecule has 0 aliphatic rings. The van der Waals surface area contributed by atoms with Gasteiger partial charge in [-0.3, -0.25) is 4.57 Å². The number of hydrogen-bond donors (Lipinski definition) is 1. The second kappa shape index (κ2) is 8.84. The number of benzene rings is 3. The number of phenolic OH excluding ortho intramolecular Hbond substituents is 1. The van der Waals surface area contributed by atoms with Crippen LogP contribution in [0.25, 0.3) is 38.5 Å². The van der Waals surface area contributed by atoms with E-state index in [0.29, 0.717) is 17.1 Å². The minimum Gasteiger partial charge on any atom is -0.505 e. The lowest BCUT2D eigenvalue weighted by Crippen LogP contribution is -2.14. The van der Waals surface area contributed by atoms with Gasteiger partial charge in [-0.1, -0.05) is 77.9 Å². The Morgan fingerprint density at radius 1 is 0.692 bits per heavy atom. The van der Waals surface area contributed by atoms with E-state index in [4.69, 9.17) is 9.72 Å². The van der Waals surface area contributed by atoms with Crippen molar-refractivity contribution in [2.24, 2.45) is 0 Å². The standard InChI is InChI=1S/C34H33N3O2/c1-33(2,3)25-17-16-24-26(34(4,5)6)20-30(36-31(24)32(25)38)39-21-14-15-23-22-11-7-8-12-27(22)37(28(23)19-21)29-13-9-10-18-35-29/h7-20,38H,1-6H3. The number of aromatic nitrogens is 3. The minimum atomic E-state index is -0.220. The predicted molar refractivity (Wildman–Crippen MR) is 159 cm³/mol. The molecule has 5 nitrogen and oxygen atoms in total. The third-order valence-corrected chi connectivity index (χ3v) is 7.29. The molecule has 6 rings (SSSR count). The van der Waals surface area contributed by atoms with Gasteiger partial charge in [0.05, 0.1) is 11.0 Å². The Morgan fingerprint density at radius 3 is 2.10 bits per heavy atom. The van der Waals surface area contributed by atoms with Crippen molar-refractivity contribution in [1.29, 1.82) is 0 Å². The van der Waals surface area contributed by atoms with Gasteiger partial charge in [-0.05, 0) is 46.7 Å². The van der Waals surface area contributed by atoms with E-state index >= 15 is 0 Å². The number of fused-ring (bicyclic) bond motifs is 4. The van der Waals surface area contributed by atoms with E-state index in [1.165, 1.54) is 0 Å². The molecule has 0 fully saturated rings. The summed E-state index contributed by atoms with van der Waals surface area (Å²) in [6.45, 7) is 12.8. The molecule has 3 aromatic heterocycles. The molecule has 3 heterocycles. The third-order valence-electron chi connectivity index (χ3n) is 7.29. The lowest BCUT2D eigenvalue weighted by molar-refractivity contribution is 0.445. The molecule has 0 saturated carbocycles. The zero-order chi connectivity index (χ0) is 27.5. The fraction of sp³-hybridized carbons (Fsp3) is 0.235. The molecule has 0 aliphatic heterocycles. The molecule has 196 valence electrons. The van der Waals surface area contributed by atoms with Crippen molar-refractivity contribution in [1.82, 2.24) is 14.5 Å². The summed E-state index contributed by atoms with van der Waals surface area (Å²) < 4.78 is 8.60. The lowest BCUT2D eigenvalue weighted by atomic mass is 9.82. The highest BCUT2D eigenvalue weighted by molar-refractivity contribution is 6.09. The van der Waals surface area contributed by atoms with E-state index in [2.05, 4.69) is 81.4 Å². The van der Waals surface area contributed by atoms with Crippen LogP contribution in [0.3, 0.4) is 0 Å². The Balaban J connectivity index is 1.54. The molecule has 0 unspecified atom stereocenters. The monoisotopic (exact) mass is 515 g/mol. The summed E-state index contributed by atoms with van der Waals surface area (Å²) in [5, 5.41) is 14.5. The van der Waals surface area contributed by atoms with Crippen molar-refractivity contribution in [2.75, 3.05) is 0 Å². The average molecular weight is 516 g/mol. The molecule has 0 radical (unpaired) electrons. The summed E-state index contributed by atoms with van der Waals surface area (Å²) in [7, 11) is 0. The summed E-state index contributed by atoms with van der Waals surface area (Å²) in [6, 6.07) is 26.5. The van der Waals surface area contributed by atoms with Crippen molar-refractivity contribution in [3.8, 4) is 23.2 Å². The van der Waals surface area contributed by atoms with E-state index in [-0.39, 0.29) is 16.6 Å². The van der Waals surface area contributed by atoms with Crippen molar-refractivity contribution in [2.45, 2.75) is 52.4 Å². The van der Waals surface area contributed by atoms with Gasteiger partial charge in [0.2, 0.25) is 5.88 Å². The fourth-order valence-electron chi connectivity index (χ4n) is 5.40. The number of para-hydroxylation sites is 1. The maximum atomic E-state index is 11.3. The zero-order valence-electron chi connectivity index (χ0n) is 23.3. The first-order valence-electron chi connectivity index (χ1n) is 13.3. The van der Waals surface area contributed by atoms with E-state index < -0.39 is 0 Å². The van der Waals surface area contributed by atoms with Crippen molar-refractivity contribution in [3.05, 3.63) is 96.2 Å². The van der Waals surface area contributed by atoms with Crippen LogP contribution in [0, 0.1) is 0 Å². The molecular weight excluding hydrogens is 482 g/mol. The van der Waals surface area contributed by atoms with Crippen LogP contribution in [-0.2, 0) is 10.8 Å². The molecule has 39 heavy (non-hydrogen) atoms. The summed E-state index contributed by atoms with van der Waals surface area (Å²) in [6.07, 6.45) is 1.81. The Labute approximate surface area is 228 Å². The maximum absolute atomic E-state index is 11.3. The van der Waals surface area contributed by atoms with Gasteiger partial charge >= 0.3 is 0 Å². The average Bonchev–Trinajstić information content (AvgIpc) is 3.21. The summed E-state index contributed by atoms with van der Waals surface area (Å²) in [5.41, 5.74) is 4.19. The number of ether oxygens (including phenoxy) is 1. The van der Waals surface area contributed by atoms with Gasteiger partial charge < -0.3 is 9.84 Å². The molecule has 0 aliphatic carbocycles. The van der Waals surface area contributed by atoms with Gasteiger partial charge in [0.25, 0.3) is 0 Å². The highest BCUT2D eigenvalue weighted by Gasteiger charge is 2.25. The SMILES string of the molecule is CC(C)(C)c1ccc2c(C(C)(C)C)cc(Oc3ccc4c5ccccc5n(-c5ccccn5)c4c3)nc2c1O. The first kappa shape index (κ1) is 24.9. The van der Waals surface area contributed by atoms with E-state index in [0.717, 1.165) is 44.1 Å². The summed E-state index contributed by atoms with van der Waals surface area (Å²) in [4.78, 5) is 9.46. The van der Waals surface area contributed by atoms with Crippen LogP contribution in [0.5, 0.6) is 17.4 Å². The van der Waals surface area contributed by atoms with Crippen LogP contribution in [0.1, 0.15) is 52.7 Å². The molecule has 1 N–H and O–H groups in total.